The van der Waals surface area contributed by atoms with E-state index in [4.69, 9.17) is 4.74 Å². The highest BCUT2D eigenvalue weighted by atomic mass is 16.5. The van der Waals surface area contributed by atoms with Gasteiger partial charge in [0.25, 0.3) is 0 Å². The van der Waals surface area contributed by atoms with Crippen LogP contribution in [-0.2, 0) is 0 Å². The van der Waals surface area contributed by atoms with E-state index in [1.54, 1.807) is 24.3 Å². The molecular formula is C40H24O. The molecule has 1 heterocycles. The molecule has 0 atom stereocenters. The molecule has 1 nitrogen and oxygen atoms in total. The summed E-state index contributed by atoms with van der Waals surface area (Å²) >= 11 is 0. The number of rotatable bonds is 2. The maximum Gasteiger partial charge on any atom is 0.135 e. The minimum Gasteiger partial charge on any atom is -0.456 e. The van der Waals surface area contributed by atoms with Crippen LogP contribution in [0.1, 0.15) is 5.48 Å². The number of fused-ring (bicyclic) bond motifs is 5. The molecule has 0 saturated carbocycles. The van der Waals surface area contributed by atoms with Crippen molar-refractivity contribution in [2.24, 2.45) is 0 Å². The first-order valence-electron chi connectivity index (χ1n) is 15.8. The second kappa shape index (κ2) is 8.55. The number of benzene rings is 8. The van der Waals surface area contributed by atoms with Crippen LogP contribution >= 0.6 is 0 Å². The van der Waals surface area contributed by atoms with Crippen LogP contribution in [0.3, 0.4) is 0 Å². The van der Waals surface area contributed by atoms with Crippen molar-refractivity contribution < 1.29 is 10.2 Å². The Bertz CT molecular complexity index is 2500. The lowest BCUT2D eigenvalue weighted by Gasteiger charge is -2.24. The van der Waals surface area contributed by atoms with Crippen LogP contribution in [0.4, 0.5) is 0 Å². The second-order valence-corrected chi connectivity index (χ2v) is 10.5. The van der Waals surface area contributed by atoms with E-state index in [2.05, 4.69) is 48.5 Å². The standard InChI is InChI=1S/C40H24O/c1-2-11-26-24-27(21-20-25(26)10-1)38-29-13-3-5-15-31(29)39(32-16-6-4-14-30(32)38)35-23-22-34-28-12-7-8-18-36(28)41-37-19-9-17-33(35)40(34)37/h1-24H/i13D,14D,15D,16D. The van der Waals surface area contributed by atoms with Crippen molar-refractivity contribution in [1.29, 1.82) is 0 Å². The lowest BCUT2D eigenvalue weighted by molar-refractivity contribution is 0.487. The number of hydrogen-bond donors (Lipinski definition) is 0. The molecule has 190 valence electrons. The van der Waals surface area contributed by atoms with Crippen molar-refractivity contribution in [3.8, 4) is 44.9 Å². The molecule has 1 aliphatic rings. The molecule has 0 spiro atoms. The lowest BCUT2D eigenvalue weighted by atomic mass is 9.83. The summed E-state index contributed by atoms with van der Waals surface area (Å²) in [5.41, 5.74) is 5.19. The summed E-state index contributed by atoms with van der Waals surface area (Å²) in [6.45, 7) is 0. The van der Waals surface area contributed by atoms with Gasteiger partial charge in [0.05, 0.1) is 5.48 Å². The van der Waals surface area contributed by atoms with E-state index in [0.29, 0.717) is 32.7 Å². The molecule has 0 bridgehead atoms. The van der Waals surface area contributed by atoms with E-state index in [1.165, 1.54) is 0 Å². The highest BCUT2D eigenvalue weighted by molar-refractivity contribution is 6.25. The molecule has 0 radical (unpaired) electrons. The number of ether oxygens (including phenoxy) is 1. The van der Waals surface area contributed by atoms with E-state index in [0.717, 1.165) is 55.3 Å². The zero-order valence-corrected chi connectivity index (χ0v) is 22.0. The number of para-hydroxylation sites is 1. The smallest absolute Gasteiger partial charge is 0.135 e. The van der Waals surface area contributed by atoms with Gasteiger partial charge < -0.3 is 4.74 Å². The van der Waals surface area contributed by atoms with Gasteiger partial charge in [0.1, 0.15) is 11.5 Å². The van der Waals surface area contributed by atoms with E-state index in [-0.39, 0.29) is 24.2 Å². The molecule has 9 rings (SSSR count). The quantitative estimate of drug-likeness (QED) is 0.204. The minimum atomic E-state index is 0.275. The van der Waals surface area contributed by atoms with Gasteiger partial charge in [0, 0.05) is 10.9 Å². The Morgan fingerprint density at radius 3 is 1.83 bits per heavy atom. The molecule has 0 unspecified atom stereocenters. The average Bonchev–Trinajstić information content (AvgIpc) is 3.07. The fourth-order valence-electron chi connectivity index (χ4n) is 6.53. The summed E-state index contributed by atoms with van der Waals surface area (Å²) < 4.78 is 43.3. The van der Waals surface area contributed by atoms with Gasteiger partial charge in [-0.15, -0.1) is 0 Å². The van der Waals surface area contributed by atoms with Gasteiger partial charge in [0.15, 0.2) is 0 Å². The fourth-order valence-corrected chi connectivity index (χ4v) is 6.53. The molecule has 0 amide bonds. The molecule has 0 N–H and O–H groups in total. The average molecular weight is 525 g/mol. The molecule has 1 aliphatic heterocycles. The predicted octanol–water partition coefficient (Wildman–Crippen LogP) is 11.4. The Morgan fingerprint density at radius 1 is 0.415 bits per heavy atom. The van der Waals surface area contributed by atoms with Crippen LogP contribution < -0.4 is 4.74 Å². The molecular weight excluding hydrogens is 496 g/mol. The summed E-state index contributed by atoms with van der Waals surface area (Å²) in [5.74, 6) is 1.56. The van der Waals surface area contributed by atoms with Crippen LogP contribution in [0.15, 0.2) is 145 Å². The van der Waals surface area contributed by atoms with Gasteiger partial charge in [0.2, 0.25) is 0 Å². The largest absolute Gasteiger partial charge is 0.456 e. The predicted molar refractivity (Wildman–Crippen MR) is 173 cm³/mol. The Morgan fingerprint density at radius 2 is 1.05 bits per heavy atom. The van der Waals surface area contributed by atoms with E-state index in [9.17, 15) is 5.48 Å². The van der Waals surface area contributed by atoms with Gasteiger partial charge >= 0.3 is 0 Å². The Labute approximate surface area is 243 Å². The van der Waals surface area contributed by atoms with E-state index < -0.39 is 0 Å². The molecule has 0 fully saturated rings. The van der Waals surface area contributed by atoms with E-state index >= 15 is 0 Å². The third-order valence-electron chi connectivity index (χ3n) is 8.28. The zero-order valence-electron chi connectivity index (χ0n) is 26.0. The first-order valence-corrected chi connectivity index (χ1v) is 13.8. The van der Waals surface area contributed by atoms with E-state index in [1.807, 2.05) is 48.5 Å². The van der Waals surface area contributed by atoms with Crippen molar-refractivity contribution in [2.75, 3.05) is 0 Å². The molecule has 8 aromatic carbocycles. The van der Waals surface area contributed by atoms with Crippen LogP contribution in [0.5, 0.6) is 11.5 Å². The minimum absolute atomic E-state index is 0.275. The summed E-state index contributed by atoms with van der Waals surface area (Å²) in [6.07, 6.45) is 0. The van der Waals surface area contributed by atoms with Crippen molar-refractivity contribution in [2.45, 2.75) is 0 Å². The van der Waals surface area contributed by atoms with Crippen molar-refractivity contribution in [3.63, 3.8) is 0 Å². The second-order valence-electron chi connectivity index (χ2n) is 10.5. The van der Waals surface area contributed by atoms with Crippen molar-refractivity contribution in [1.82, 2.24) is 0 Å². The summed E-state index contributed by atoms with van der Waals surface area (Å²) in [5, 5.41) is 6.49. The normalized spacial score (nSPS) is 13.5. The fraction of sp³-hybridized carbons (Fsp3) is 0. The Balaban J connectivity index is 1.49. The van der Waals surface area contributed by atoms with Crippen LogP contribution in [0.2, 0.25) is 0 Å². The highest BCUT2D eigenvalue weighted by Gasteiger charge is 2.23. The zero-order chi connectivity index (χ0) is 30.4. The van der Waals surface area contributed by atoms with Crippen molar-refractivity contribution >= 4 is 43.1 Å². The van der Waals surface area contributed by atoms with Gasteiger partial charge in [-0.05, 0) is 83.7 Å². The first kappa shape index (κ1) is 18.8. The molecule has 1 heteroatoms. The molecule has 0 saturated heterocycles. The van der Waals surface area contributed by atoms with Crippen LogP contribution in [0, 0.1) is 0 Å². The monoisotopic (exact) mass is 524 g/mol. The lowest BCUT2D eigenvalue weighted by Crippen LogP contribution is -1.98. The highest BCUT2D eigenvalue weighted by Crippen LogP contribution is 2.51. The Hall–Kier alpha value is -5.40. The molecule has 41 heavy (non-hydrogen) atoms. The summed E-state index contributed by atoms with van der Waals surface area (Å²) in [7, 11) is 0. The third kappa shape index (κ3) is 3.24. The molecule has 8 aromatic rings. The molecule has 0 aromatic heterocycles. The summed E-state index contributed by atoms with van der Waals surface area (Å²) in [6, 6.07) is 40.3. The van der Waals surface area contributed by atoms with Crippen LogP contribution in [-0.4, -0.2) is 0 Å². The SMILES string of the molecule is [2H]c1ccc([2H])c2c(-c3ccc4c5c(cccc35)Oc3ccccc3-4)c3c([2H])ccc([2H])c3c(-c3ccc4ccccc4c3)c12. The maximum absolute atomic E-state index is 9.26. The maximum atomic E-state index is 9.26. The topological polar surface area (TPSA) is 9.23 Å². The van der Waals surface area contributed by atoms with Gasteiger partial charge in [-0.3, -0.25) is 0 Å². The third-order valence-corrected chi connectivity index (χ3v) is 8.28. The molecule has 0 aliphatic carbocycles. The Kier molecular flexibility index (Phi) is 3.92. The summed E-state index contributed by atoms with van der Waals surface area (Å²) in [4.78, 5) is 0. The first-order chi connectivity index (χ1) is 22.0. The van der Waals surface area contributed by atoms with Gasteiger partial charge in [-0.25, -0.2) is 0 Å². The van der Waals surface area contributed by atoms with Crippen molar-refractivity contribution in [3.05, 3.63) is 145 Å². The van der Waals surface area contributed by atoms with Crippen LogP contribution in [0.25, 0.3) is 76.5 Å². The van der Waals surface area contributed by atoms with Gasteiger partial charge in [-0.1, -0.05) is 127 Å². The van der Waals surface area contributed by atoms with Gasteiger partial charge in [-0.2, -0.15) is 0 Å². The number of hydrogen-bond acceptors (Lipinski definition) is 1.